The minimum absolute atomic E-state index is 0. The lowest BCUT2D eigenvalue weighted by molar-refractivity contribution is -0.122. The van der Waals surface area contributed by atoms with Crippen LogP contribution in [0.3, 0.4) is 0 Å². The Morgan fingerprint density at radius 3 is 3.05 bits per heavy atom. The van der Waals surface area contributed by atoms with Crippen LogP contribution in [0.25, 0.3) is 0 Å². The average molecular weight is 380 g/mol. The average Bonchev–Trinajstić information content (AvgIpc) is 2.39. The molecular formula is C14H20BrClN2OS. The maximum atomic E-state index is 12.0. The summed E-state index contributed by atoms with van der Waals surface area (Å²) in [4.78, 5) is 12.0. The zero-order valence-electron chi connectivity index (χ0n) is 11.4. The van der Waals surface area contributed by atoms with Gasteiger partial charge in [0.25, 0.3) is 0 Å². The Kier molecular flexibility index (Phi) is 7.95. The molecule has 6 heteroatoms. The van der Waals surface area contributed by atoms with Crippen molar-refractivity contribution in [3.05, 3.63) is 34.3 Å². The van der Waals surface area contributed by atoms with Crippen LogP contribution in [0, 0.1) is 0 Å². The Labute approximate surface area is 139 Å². The molecule has 1 aromatic carbocycles. The van der Waals surface area contributed by atoms with Gasteiger partial charge in [0.1, 0.15) is 0 Å². The Morgan fingerprint density at radius 2 is 2.40 bits per heavy atom. The molecule has 1 aromatic rings. The Hall–Kier alpha value is -0.230. The molecule has 2 unspecified atom stereocenters. The van der Waals surface area contributed by atoms with E-state index in [0.29, 0.717) is 12.5 Å². The molecule has 2 atom stereocenters. The molecule has 1 aliphatic rings. The van der Waals surface area contributed by atoms with Gasteiger partial charge < -0.3 is 10.6 Å². The molecule has 1 saturated heterocycles. The molecule has 0 aliphatic carbocycles. The highest BCUT2D eigenvalue weighted by atomic mass is 79.9. The number of amides is 1. The zero-order valence-corrected chi connectivity index (χ0v) is 14.6. The number of hydrogen-bond donors (Lipinski definition) is 2. The van der Waals surface area contributed by atoms with E-state index in [1.165, 1.54) is 0 Å². The fourth-order valence-electron chi connectivity index (χ4n) is 2.13. The van der Waals surface area contributed by atoms with E-state index in [2.05, 4.69) is 26.6 Å². The largest absolute Gasteiger partial charge is 0.350 e. The molecule has 3 nitrogen and oxygen atoms in total. The first-order chi connectivity index (χ1) is 9.15. The summed E-state index contributed by atoms with van der Waals surface area (Å²) in [6.07, 6.45) is 0.561. The smallest absolute Gasteiger partial charge is 0.222 e. The van der Waals surface area contributed by atoms with Gasteiger partial charge in [-0.1, -0.05) is 28.1 Å². The molecule has 0 saturated carbocycles. The predicted octanol–water partition coefficient (Wildman–Crippen LogP) is 3.14. The fraction of sp³-hybridized carbons (Fsp3) is 0.500. The third kappa shape index (κ3) is 5.64. The summed E-state index contributed by atoms with van der Waals surface area (Å²) in [7, 11) is 0. The summed E-state index contributed by atoms with van der Waals surface area (Å²) in [5.41, 5.74) is 1.12. The topological polar surface area (TPSA) is 41.1 Å². The van der Waals surface area contributed by atoms with Crippen molar-refractivity contribution >= 4 is 46.0 Å². The predicted molar refractivity (Wildman–Crippen MR) is 91.7 cm³/mol. The van der Waals surface area contributed by atoms with Crippen molar-refractivity contribution in [1.82, 2.24) is 10.6 Å². The van der Waals surface area contributed by atoms with Crippen LogP contribution in [-0.2, 0) is 4.79 Å². The maximum Gasteiger partial charge on any atom is 0.222 e. The van der Waals surface area contributed by atoms with E-state index < -0.39 is 0 Å². The first-order valence-corrected chi connectivity index (χ1v) is 8.46. The normalized spacial score (nSPS) is 19.8. The van der Waals surface area contributed by atoms with Gasteiger partial charge in [0.15, 0.2) is 0 Å². The zero-order chi connectivity index (χ0) is 13.7. The number of hydrogen-bond acceptors (Lipinski definition) is 3. The Balaban J connectivity index is 0.00000200. The first kappa shape index (κ1) is 17.8. The Morgan fingerprint density at radius 1 is 1.60 bits per heavy atom. The van der Waals surface area contributed by atoms with Gasteiger partial charge in [0.2, 0.25) is 5.91 Å². The quantitative estimate of drug-likeness (QED) is 0.844. The molecule has 20 heavy (non-hydrogen) atoms. The number of thioether (sulfide) groups is 1. The van der Waals surface area contributed by atoms with Crippen molar-refractivity contribution < 1.29 is 4.79 Å². The lowest BCUT2D eigenvalue weighted by Crippen LogP contribution is -2.41. The number of carbonyl (C=O) groups excluding carboxylic acids is 1. The third-order valence-electron chi connectivity index (χ3n) is 3.16. The molecule has 1 aliphatic heterocycles. The monoisotopic (exact) mass is 378 g/mol. The van der Waals surface area contributed by atoms with E-state index >= 15 is 0 Å². The molecule has 1 fully saturated rings. The molecular weight excluding hydrogens is 360 g/mol. The second-order valence-corrected chi connectivity index (χ2v) is 6.84. The lowest BCUT2D eigenvalue weighted by Gasteiger charge is -2.23. The van der Waals surface area contributed by atoms with Gasteiger partial charge in [-0.3, -0.25) is 4.79 Å². The highest BCUT2D eigenvalue weighted by Gasteiger charge is 2.18. The lowest BCUT2D eigenvalue weighted by atomic mass is 10.1. The van der Waals surface area contributed by atoms with Gasteiger partial charge in [-0.05, 0) is 24.6 Å². The number of rotatable bonds is 4. The van der Waals surface area contributed by atoms with Gasteiger partial charge in [-0.25, -0.2) is 0 Å². The second-order valence-electron chi connectivity index (χ2n) is 4.77. The number of carbonyl (C=O) groups is 1. The number of halogens is 2. The molecule has 112 valence electrons. The van der Waals surface area contributed by atoms with Crippen molar-refractivity contribution in [3.8, 4) is 0 Å². The van der Waals surface area contributed by atoms with Crippen LogP contribution in [0.4, 0.5) is 0 Å². The minimum Gasteiger partial charge on any atom is -0.350 e. The summed E-state index contributed by atoms with van der Waals surface area (Å²) in [6.45, 7) is 3.02. The standard InChI is InChI=1S/C14H19BrN2OS.ClH/c1-10(11-3-2-4-12(15)7-11)17-14(18)8-13-9-19-6-5-16-13;/h2-4,7,10,13,16H,5-6,8-9H2,1H3,(H,17,18);1H. The molecule has 0 bridgehead atoms. The first-order valence-electron chi connectivity index (χ1n) is 6.51. The van der Waals surface area contributed by atoms with Crippen LogP contribution in [0.5, 0.6) is 0 Å². The van der Waals surface area contributed by atoms with Crippen molar-refractivity contribution in [2.75, 3.05) is 18.1 Å². The van der Waals surface area contributed by atoms with Gasteiger partial charge in [-0.15, -0.1) is 12.4 Å². The minimum atomic E-state index is 0. The van der Waals surface area contributed by atoms with Crippen LogP contribution in [0.15, 0.2) is 28.7 Å². The molecule has 2 rings (SSSR count). The SMILES string of the molecule is CC(NC(=O)CC1CSCCN1)c1cccc(Br)c1.Cl. The summed E-state index contributed by atoms with van der Waals surface area (Å²) in [5.74, 6) is 2.29. The van der Waals surface area contributed by atoms with E-state index in [1.807, 2.05) is 43.0 Å². The van der Waals surface area contributed by atoms with Crippen molar-refractivity contribution in [3.63, 3.8) is 0 Å². The molecule has 1 heterocycles. The maximum absolute atomic E-state index is 12.0. The third-order valence-corrected chi connectivity index (χ3v) is 4.78. The summed E-state index contributed by atoms with van der Waals surface area (Å²) in [5, 5.41) is 6.44. The van der Waals surface area contributed by atoms with Crippen LogP contribution in [0.2, 0.25) is 0 Å². The van der Waals surface area contributed by atoms with Crippen LogP contribution in [0.1, 0.15) is 24.9 Å². The second kappa shape index (κ2) is 8.93. The van der Waals surface area contributed by atoms with Gasteiger partial charge in [-0.2, -0.15) is 11.8 Å². The van der Waals surface area contributed by atoms with E-state index in [1.54, 1.807) is 0 Å². The Bertz CT molecular complexity index is 441. The van der Waals surface area contributed by atoms with Crippen molar-refractivity contribution in [1.29, 1.82) is 0 Å². The number of benzene rings is 1. The molecule has 0 radical (unpaired) electrons. The van der Waals surface area contributed by atoms with Crippen molar-refractivity contribution in [2.45, 2.75) is 25.4 Å². The van der Waals surface area contributed by atoms with Gasteiger partial charge in [0.05, 0.1) is 6.04 Å². The van der Waals surface area contributed by atoms with Crippen LogP contribution in [-0.4, -0.2) is 30.0 Å². The summed E-state index contributed by atoms with van der Waals surface area (Å²) in [6, 6.07) is 8.40. The molecule has 1 amide bonds. The van der Waals surface area contributed by atoms with E-state index in [0.717, 1.165) is 28.1 Å². The van der Waals surface area contributed by atoms with Crippen LogP contribution < -0.4 is 10.6 Å². The summed E-state index contributed by atoms with van der Waals surface area (Å²) >= 11 is 5.36. The highest BCUT2D eigenvalue weighted by molar-refractivity contribution is 9.10. The highest BCUT2D eigenvalue weighted by Crippen LogP contribution is 2.18. The van der Waals surface area contributed by atoms with Gasteiger partial charge >= 0.3 is 0 Å². The molecule has 0 spiro atoms. The molecule has 2 N–H and O–H groups in total. The molecule has 0 aromatic heterocycles. The summed E-state index contributed by atoms with van der Waals surface area (Å²) < 4.78 is 1.04. The van der Waals surface area contributed by atoms with Gasteiger partial charge in [0, 0.05) is 35.0 Å². The van der Waals surface area contributed by atoms with E-state index in [-0.39, 0.29) is 24.4 Å². The fourth-order valence-corrected chi connectivity index (χ4v) is 3.50. The van der Waals surface area contributed by atoms with E-state index in [9.17, 15) is 4.79 Å². The van der Waals surface area contributed by atoms with E-state index in [4.69, 9.17) is 0 Å². The van der Waals surface area contributed by atoms with Crippen LogP contribution >= 0.6 is 40.1 Å². The number of nitrogens with one attached hydrogen (secondary N) is 2. The van der Waals surface area contributed by atoms with Crippen molar-refractivity contribution in [2.24, 2.45) is 0 Å².